The van der Waals surface area contributed by atoms with Gasteiger partial charge in [-0.1, -0.05) is 26.2 Å². The van der Waals surface area contributed by atoms with Crippen molar-refractivity contribution in [1.82, 2.24) is 9.44 Å². The molecular weight excluding hydrogens is 256 g/mol. The summed E-state index contributed by atoms with van der Waals surface area (Å²) < 4.78 is 31.8. The van der Waals surface area contributed by atoms with Crippen molar-refractivity contribution in [3.63, 3.8) is 0 Å². The second-order valence-corrected chi connectivity index (χ2v) is 6.56. The molecule has 6 nitrogen and oxygen atoms in total. The molecule has 108 valence electrons. The molecule has 0 aliphatic rings. The van der Waals surface area contributed by atoms with Crippen LogP contribution in [0.15, 0.2) is 0 Å². The maximum absolute atomic E-state index is 11.4. The van der Waals surface area contributed by atoms with Crippen LogP contribution in [0.2, 0.25) is 0 Å². The standard InChI is InChI=1S/C11H24N2O4S/c1-5-6-7-8-9-12-18(15,16)13-10(14)17-11(2,3)4/h12H,5-9H2,1-4H3,(H,13,14). The number of carbonyl (C=O) groups excluding carboxylic acids is 1. The van der Waals surface area contributed by atoms with Crippen molar-refractivity contribution in [1.29, 1.82) is 0 Å². The number of nitrogens with one attached hydrogen (secondary N) is 2. The van der Waals surface area contributed by atoms with Gasteiger partial charge in [0.15, 0.2) is 0 Å². The molecule has 0 aliphatic heterocycles. The van der Waals surface area contributed by atoms with E-state index in [1.54, 1.807) is 25.5 Å². The molecule has 0 heterocycles. The summed E-state index contributed by atoms with van der Waals surface area (Å²) in [4.78, 5) is 11.3. The minimum atomic E-state index is -3.81. The summed E-state index contributed by atoms with van der Waals surface area (Å²) in [6, 6.07) is 0. The Morgan fingerprint density at radius 2 is 1.78 bits per heavy atom. The van der Waals surface area contributed by atoms with Gasteiger partial charge in [-0.25, -0.2) is 9.52 Å². The molecule has 0 atom stereocenters. The average molecular weight is 280 g/mol. The van der Waals surface area contributed by atoms with E-state index in [0.29, 0.717) is 6.54 Å². The Kier molecular flexibility index (Phi) is 7.23. The van der Waals surface area contributed by atoms with Gasteiger partial charge in [0.25, 0.3) is 0 Å². The number of hydrogen-bond acceptors (Lipinski definition) is 4. The third kappa shape index (κ3) is 10.3. The highest BCUT2D eigenvalue weighted by atomic mass is 32.2. The van der Waals surface area contributed by atoms with Gasteiger partial charge in [-0.2, -0.15) is 13.1 Å². The van der Waals surface area contributed by atoms with Gasteiger partial charge in [-0.05, 0) is 27.2 Å². The van der Waals surface area contributed by atoms with Crippen LogP contribution in [-0.2, 0) is 14.9 Å². The predicted octanol–water partition coefficient (Wildman–Crippen LogP) is 1.93. The highest BCUT2D eigenvalue weighted by Gasteiger charge is 2.20. The summed E-state index contributed by atoms with van der Waals surface area (Å²) in [7, 11) is -3.81. The first-order chi connectivity index (χ1) is 8.16. The van der Waals surface area contributed by atoms with E-state index >= 15 is 0 Å². The highest BCUT2D eigenvalue weighted by molar-refractivity contribution is 7.88. The highest BCUT2D eigenvalue weighted by Crippen LogP contribution is 2.06. The second kappa shape index (κ2) is 7.58. The summed E-state index contributed by atoms with van der Waals surface area (Å²) in [5.74, 6) is 0. The molecule has 0 bridgehead atoms. The summed E-state index contributed by atoms with van der Waals surface area (Å²) >= 11 is 0. The van der Waals surface area contributed by atoms with E-state index in [4.69, 9.17) is 4.74 Å². The smallest absolute Gasteiger partial charge is 0.422 e. The van der Waals surface area contributed by atoms with Gasteiger partial charge in [-0.3, -0.25) is 0 Å². The molecule has 0 aromatic heterocycles. The molecule has 0 radical (unpaired) electrons. The number of rotatable bonds is 7. The third-order valence-corrected chi connectivity index (χ3v) is 2.96. The Morgan fingerprint density at radius 3 is 2.28 bits per heavy atom. The maximum Gasteiger partial charge on any atom is 0.422 e. The van der Waals surface area contributed by atoms with Crippen molar-refractivity contribution in [2.75, 3.05) is 6.54 Å². The van der Waals surface area contributed by atoms with Gasteiger partial charge < -0.3 is 4.74 Å². The van der Waals surface area contributed by atoms with Crippen LogP contribution in [0.4, 0.5) is 4.79 Å². The van der Waals surface area contributed by atoms with Crippen LogP contribution >= 0.6 is 0 Å². The van der Waals surface area contributed by atoms with Crippen LogP contribution in [0.3, 0.4) is 0 Å². The monoisotopic (exact) mass is 280 g/mol. The Bertz CT molecular complexity index is 347. The SMILES string of the molecule is CCCCCCNS(=O)(=O)NC(=O)OC(C)(C)C. The van der Waals surface area contributed by atoms with Crippen LogP contribution in [0.1, 0.15) is 53.4 Å². The quantitative estimate of drug-likeness (QED) is 0.698. The van der Waals surface area contributed by atoms with Crippen LogP contribution < -0.4 is 9.44 Å². The number of ether oxygens (including phenoxy) is 1. The molecule has 2 N–H and O–H groups in total. The number of hydrogen-bond donors (Lipinski definition) is 2. The van der Waals surface area contributed by atoms with Gasteiger partial charge in [0.05, 0.1) is 0 Å². The van der Waals surface area contributed by atoms with Crippen LogP contribution in [0, 0.1) is 0 Å². The van der Waals surface area contributed by atoms with Crippen molar-refractivity contribution in [3.8, 4) is 0 Å². The molecule has 0 aromatic carbocycles. The lowest BCUT2D eigenvalue weighted by atomic mass is 10.2. The van der Waals surface area contributed by atoms with Crippen molar-refractivity contribution >= 4 is 16.3 Å². The van der Waals surface area contributed by atoms with E-state index in [9.17, 15) is 13.2 Å². The molecule has 0 unspecified atom stereocenters. The van der Waals surface area contributed by atoms with E-state index in [1.807, 2.05) is 0 Å². The Balaban J connectivity index is 3.97. The number of carbonyl (C=O) groups is 1. The topological polar surface area (TPSA) is 84.5 Å². The zero-order valence-corrected chi connectivity index (χ0v) is 12.4. The van der Waals surface area contributed by atoms with E-state index < -0.39 is 21.9 Å². The van der Waals surface area contributed by atoms with Gasteiger partial charge in [-0.15, -0.1) is 0 Å². The first-order valence-electron chi connectivity index (χ1n) is 6.16. The summed E-state index contributed by atoms with van der Waals surface area (Å²) in [6.07, 6.45) is 2.90. The maximum atomic E-state index is 11.4. The van der Waals surface area contributed by atoms with E-state index in [1.165, 1.54) is 0 Å². The molecule has 0 spiro atoms. The van der Waals surface area contributed by atoms with E-state index in [2.05, 4.69) is 11.6 Å². The molecule has 18 heavy (non-hydrogen) atoms. The Labute approximate surface area is 110 Å². The predicted molar refractivity (Wildman–Crippen MR) is 70.4 cm³/mol. The fraction of sp³-hybridized carbons (Fsp3) is 0.909. The molecule has 0 saturated heterocycles. The van der Waals surface area contributed by atoms with Gasteiger partial charge in [0.2, 0.25) is 0 Å². The van der Waals surface area contributed by atoms with E-state index in [-0.39, 0.29) is 0 Å². The average Bonchev–Trinajstić information content (AvgIpc) is 2.12. The molecule has 7 heteroatoms. The lowest BCUT2D eigenvalue weighted by Crippen LogP contribution is -2.43. The Hall–Kier alpha value is -0.820. The molecule has 0 rings (SSSR count). The molecule has 1 amide bonds. The van der Waals surface area contributed by atoms with Gasteiger partial charge in [0.1, 0.15) is 5.60 Å². The van der Waals surface area contributed by atoms with Crippen LogP contribution in [0.25, 0.3) is 0 Å². The fourth-order valence-electron chi connectivity index (χ4n) is 1.20. The Morgan fingerprint density at radius 1 is 1.17 bits per heavy atom. The van der Waals surface area contributed by atoms with Crippen molar-refractivity contribution in [3.05, 3.63) is 0 Å². The molecule has 0 aromatic rings. The molecule has 0 saturated carbocycles. The first-order valence-corrected chi connectivity index (χ1v) is 7.65. The van der Waals surface area contributed by atoms with Gasteiger partial charge >= 0.3 is 16.3 Å². The van der Waals surface area contributed by atoms with Crippen molar-refractivity contribution < 1.29 is 17.9 Å². The summed E-state index contributed by atoms with van der Waals surface area (Å²) in [6.45, 7) is 7.39. The zero-order chi connectivity index (χ0) is 14.2. The lowest BCUT2D eigenvalue weighted by Gasteiger charge is -2.19. The van der Waals surface area contributed by atoms with Crippen molar-refractivity contribution in [2.45, 2.75) is 59.0 Å². The zero-order valence-electron chi connectivity index (χ0n) is 11.6. The normalized spacial score (nSPS) is 12.2. The second-order valence-electron chi connectivity index (χ2n) is 5.06. The minimum Gasteiger partial charge on any atom is -0.443 e. The molecule has 0 aliphatic carbocycles. The van der Waals surface area contributed by atoms with Crippen molar-refractivity contribution in [2.24, 2.45) is 0 Å². The van der Waals surface area contributed by atoms with Crippen LogP contribution in [0.5, 0.6) is 0 Å². The molecule has 0 fully saturated rings. The summed E-state index contributed by atoms with van der Waals surface area (Å²) in [5, 5.41) is 0. The number of amides is 1. The summed E-state index contributed by atoms with van der Waals surface area (Å²) in [5.41, 5.74) is -0.721. The third-order valence-electron chi connectivity index (χ3n) is 1.94. The van der Waals surface area contributed by atoms with E-state index in [0.717, 1.165) is 25.7 Å². The first kappa shape index (κ1) is 17.2. The molecular formula is C11H24N2O4S. The minimum absolute atomic E-state index is 0.318. The van der Waals surface area contributed by atoms with Gasteiger partial charge in [0, 0.05) is 6.54 Å². The largest absolute Gasteiger partial charge is 0.443 e. The fourth-order valence-corrected chi connectivity index (χ4v) is 1.95. The lowest BCUT2D eigenvalue weighted by molar-refractivity contribution is 0.0569. The van der Waals surface area contributed by atoms with Crippen LogP contribution in [-0.4, -0.2) is 26.7 Å². The number of unbranched alkanes of at least 4 members (excludes halogenated alkanes) is 3.